The molecule has 0 aromatic carbocycles. The third-order valence-corrected chi connectivity index (χ3v) is 1.39. The van der Waals surface area contributed by atoms with E-state index in [-0.39, 0.29) is 76.8 Å². The molecule has 0 aliphatic rings. The maximum Gasteiger partial charge on any atom is 0.326 e. The van der Waals surface area contributed by atoms with Gasteiger partial charge in [-0.2, -0.15) is 0 Å². The Labute approximate surface area is 176 Å². The van der Waals surface area contributed by atoms with Gasteiger partial charge < -0.3 is 19.4 Å². The summed E-state index contributed by atoms with van der Waals surface area (Å²) in [7, 11) is 0. The quantitative estimate of drug-likeness (QED) is 0.375. The Hall–Kier alpha value is -0.161. The van der Waals surface area contributed by atoms with Crippen molar-refractivity contribution >= 4 is 53.4 Å². The van der Waals surface area contributed by atoms with E-state index < -0.39 is 23.9 Å². The van der Waals surface area contributed by atoms with Crippen LogP contribution in [-0.4, -0.2) is 77.0 Å². The average Bonchev–Trinajstić information content (AvgIpc) is 2.22. The largest absolute Gasteiger partial charge is 0.333 e. The summed E-state index contributed by atoms with van der Waals surface area (Å²) < 4.78 is 0. The predicted molar refractivity (Wildman–Crippen MR) is 66.2 cm³/mol. The summed E-state index contributed by atoms with van der Waals surface area (Å²) in [5.74, 6) is -2.90. The molecule has 0 bridgehead atoms. The summed E-state index contributed by atoms with van der Waals surface area (Å²) in [6.07, 6.45) is 0. The molecule has 0 aliphatic carbocycles. The molecule has 1 radical (unpaired) electrons. The molecule has 0 amide bonds. The Kier molecular flexibility index (Phi) is 22.3. The molecular weight excluding hydrogens is 411 g/mol. The Morgan fingerprint density at radius 1 is 0.609 bits per heavy atom. The van der Waals surface area contributed by atoms with Crippen LogP contribution in [0, 0.1) is 0 Å². The fourth-order valence-electron chi connectivity index (χ4n) is 0.957. The van der Waals surface area contributed by atoms with Gasteiger partial charge in [-0.1, -0.05) is 0 Å². The van der Waals surface area contributed by atoms with Crippen LogP contribution in [0.4, 0.5) is 0 Å². The molecule has 0 atom stereocenters. The van der Waals surface area contributed by atoms with Gasteiger partial charge in [-0.15, -0.1) is 0 Å². The molecule has 0 aliphatic heterocycles. The van der Waals surface area contributed by atoms with Crippen molar-refractivity contribution in [1.82, 2.24) is 10.5 Å². The van der Waals surface area contributed by atoms with E-state index in [2.05, 4.69) is 19.4 Å². The first kappa shape index (κ1) is 30.7. The van der Waals surface area contributed by atoms with Gasteiger partial charge in [-0.3, -0.25) is 19.2 Å². The minimum absolute atomic E-state index is 0. The summed E-state index contributed by atoms with van der Waals surface area (Å²) in [6.45, 7) is 3.97. The van der Waals surface area contributed by atoms with Gasteiger partial charge in [0.05, 0.1) is 13.1 Å². The number of nitrogens with zero attached hydrogens (tertiary/aromatic N) is 2. The Morgan fingerprint density at radius 2 is 0.783 bits per heavy atom. The standard InChI is InChI=1S/C10H16N2O8.2Fe.Na/c1-7(13)17-11(18-8(2)14)5-6-12(19-9(3)15)20-10(4)16;;;/h5-6H2,1-4H3;;;. The fraction of sp³-hybridized carbons (Fsp3) is 0.600. The molecule has 0 spiro atoms. The summed E-state index contributed by atoms with van der Waals surface area (Å²) >= 11 is 0. The maximum atomic E-state index is 10.8. The maximum absolute atomic E-state index is 10.8. The van der Waals surface area contributed by atoms with Gasteiger partial charge in [0.15, 0.2) is 0 Å². The topological polar surface area (TPSA) is 112 Å². The third kappa shape index (κ3) is 19.8. The third-order valence-electron chi connectivity index (χ3n) is 1.39. The summed E-state index contributed by atoms with van der Waals surface area (Å²) in [4.78, 5) is 61.4. The van der Waals surface area contributed by atoms with Crippen LogP contribution in [-0.2, 0) is 72.7 Å². The molecule has 0 saturated carbocycles. The zero-order valence-electron chi connectivity index (χ0n) is 13.3. The van der Waals surface area contributed by atoms with Crippen molar-refractivity contribution < 1.29 is 72.7 Å². The van der Waals surface area contributed by atoms with Gasteiger partial charge in [0, 0.05) is 102 Å². The van der Waals surface area contributed by atoms with E-state index in [9.17, 15) is 19.2 Å². The second kappa shape index (κ2) is 16.7. The molecule has 0 saturated heterocycles. The molecular formula is C10H16Fe2N2NaO8. The Bertz CT molecular complexity index is 331. The van der Waals surface area contributed by atoms with Gasteiger partial charge in [0.25, 0.3) is 0 Å². The molecule has 0 rings (SSSR count). The van der Waals surface area contributed by atoms with Crippen LogP contribution in [0.5, 0.6) is 0 Å². The molecule has 0 aromatic heterocycles. The molecule has 0 N–H and O–H groups in total. The minimum atomic E-state index is -0.724. The van der Waals surface area contributed by atoms with E-state index in [1.54, 1.807) is 0 Å². The summed E-state index contributed by atoms with van der Waals surface area (Å²) in [5, 5.41) is 1.15. The van der Waals surface area contributed by atoms with Gasteiger partial charge >= 0.3 is 23.9 Å². The van der Waals surface area contributed by atoms with Gasteiger partial charge in [-0.25, -0.2) is 0 Å². The number of hydrogen-bond donors (Lipinski definition) is 0. The minimum Gasteiger partial charge on any atom is -0.333 e. The van der Waals surface area contributed by atoms with Crippen molar-refractivity contribution in [3.63, 3.8) is 0 Å². The van der Waals surface area contributed by atoms with E-state index in [0.717, 1.165) is 27.7 Å². The molecule has 23 heavy (non-hydrogen) atoms. The molecule has 131 valence electrons. The van der Waals surface area contributed by atoms with Crippen molar-refractivity contribution in [2.45, 2.75) is 27.7 Å². The predicted octanol–water partition coefficient (Wildman–Crippen LogP) is -0.883. The fourth-order valence-corrected chi connectivity index (χ4v) is 0.957. The number of carbonyl (C=O) groups excluding carboxylic acids is 4. The van der Waals surface area contributed by atoms with Gasteiger partial charge in [0.2, 0.25) is 0 Å². The van der Waals surface area contributed by atoms with Gasteiger partial charge in [0.1, 0.15) is 0 Å². The van der Waals surface area contributed by atoms with E-state index in [4.69, 9.17) is 0 Å². The van der Waals surface area contributed by atoms with Crippen LogP contribution in [0.15, 0.2) is 0 Å². The molecule has 13 heteroatoms. The van der Waals surface area contributed by atoms with Gasteiger partial charge in [-0.05, 0) is 0 Å². The first-order valence-electron chi connectivity index (χ1n) is 5.50. The number of carbonyl (C=O) groups is 4. The number of rotatable bonds is 7. The van der Waals surface area contributed by atoms with E-state index in [1.165, 1.54) is 0 Å². The molecule has 0 aromatic rings. The number of hydrogen-bond acceptors (Lipinski definition) is 10. The molecule has 0 unspecified atom stereocenters. The van der Waals surface area contributed by atoms with E-state index in [0.29, 0.717) is 10.5 Å². The van der Waals surface area contributed by atoms with Crippen molar-refractivity contribution in [1.29, 1.82) is 0 Å². The zero-order chi connectivity index (χ0) is 15.7. The average molecular weight is 427 g/mol. The van der Waals surface area contributed by atoms with Crippen molar-refractivity contribution in [2.75, 3.05) is 13.1 Å². The van der Waals surface area contributed by atoms with Crippen molar-refractivity contribution in [2.24, 2.45) is 0 Å². The summed E-state index contributed by atoms with van der Waals surface area (Å²) in [6, 6.07) is 0. The van der Waals surface area contributed by atoms with Crippen molar-refractivity contribution in [3.05, 3.63) is 0 Å². The second-order valence-corrected chi connectivity index (χ2v) is 3.44. The van der Waals surface area contributed by atoms with E-state index in [1.807, 2.05) is 0 Å². The smallest absolute Gasteiger partial charge is 0.326 e. The molecule has 10 nitrogen and oxygen atoms in total. The molecule has 0 fully saturated rings. The van der Waals surface area contributed by atoms with Crippen LogP contribution in [0.1, 0.15) is 27.7 Å². The zero-order valence-corrected chi connectivity index (χ0v) is 17.5. The second-order valence-electron chi connectivity index (χ2n) is 3.44. The summed E-state index contributed by atoms with van der Waals surface area (Å²) in [5.41, 5.74) is 0. The van der Waals surface area contributed by atoms with Crippen LogP contribution < -0.4 is 0 Å². The van der Waals surface area contributed by atoms with Crippen molar-refractivity contribution in [3.8, 4) is 0 Å². The Morgan fingerprint density at radius 3 is 0.913 bits per heavy atom. The normalized spacial score (nSPS) is 8.78. The SMILES string of the molecule is CC(=O)ON(CCN(OC(C)=O)OC(C)=O)OC(C)=O.[Fe].[Fe].[Na]. The first-order chi connectivity index (χ1) is 9.20. The Balaban J connectivity index is -0.000000602. The van der Waals surface area contributed by atoms with Crippen LogP contribution in [0.3, 0.4) is 0 Å². The van der Waals surface area contributed by atoms with Crippen LogP contribution in [0.2, 0.25) is 0 Å². The number of hydroxylamine groups is 4. The molecule has 0 heterocycles. The monoisotopic (exact) mass is 427 g/mol. The van der Waals surface area contributed by atoms with Crippen LogP contribution >= 0.6 is 0 Å². The first-order valence-corrected chi connectivity index (χ1v) is 5.50. The van der Waals surface area contributed by atoms with Crippen LogP contribution in [0.25, 0.3) is 0 Å². The van der Waals surface area contributed by atoms with E-state index >= 15 is 0 Å².